The van der Waals surface area contributed by atoms with E-state index < -0.39 is 0 Å². The summed E-state index contributed by atoms with van der Waals surface area (Å²) in [6, 6.07) is 20.2. The van der Waals surface area contributed by atoms with Gasteiger partial charge in [-0.15, -0.1) is 0 Å². The molecule has 2 nitrogen and oxygen atoms in total. The highest BCUT2D eigenvalue weighted by molar-refractivity contribution is 5.85. The molecule has 1 aliphatic rings. The topological polar surface area (TPSA) is 17.0 Å². The first-order valence-electron chi connectivity index (χ1n) is 8.19. The van der Waals surface area contributed by atoms with Gasteiger partial charge in [-0.3, -0.25) is 0 Å². The number of para-hydroxylation sites is 1. The molecule has 1 aromatic heterocycles. The van der Waals surface area contributed by atoms with E-state index in [1.807, 2.05) is 0 Å². The Morgan fingerprint density at radius 2 is 1.82 bits per heavy atom. The van der Waals surface area contributed by atoms with Gasteiger partial charge in [0, 0.05) is 42.1 Å². The molecule has 1 atom stereocenters. The van der Waals surface area contributed by atoms with Crippen LogP contribution < -0.4 is 5.32 Å². The summed E-state index contributed by atoms with van der Waals surface area (Å²) in [4.78, 5) is 0. The van der Waals surface area contributed by atoms with Gasteiger partial charge in [0.15, 0.2) is 0 Å². The smallest absolute Gasteiger partial charge is 0.0486 e. The molecule has 0 bridgehead atoms. The molecule has 0 aliphatic carbocycles. The fraction of sp³-hybridized carbons (Fsp3) is 0.300. The largest absolute Gasteiger partial charge is 0.344 e. The van der Waals surface area contributed by atoms with Crippen LogP contribution in [0.4, 0.5) is 0 Å². The van der Waals surface area contributed by atoms with Crippen molar-refractivity contribution in [1.82, 2.24) is 9.88 Å². The van der Waals surface area contributed by atoms with Crippen LogP contribution in [0.1, 0.15) is 23.7 Å². The normalized spacial score (nSPS) is 17.6. The Morgan fingerprint density at radius 3 is 2.68 bits per heavy atom. The average molecular weight is 290 g/mol. The first kappa shape index (κ1) is 13.6. The number of nitrogens with one attached hydrogen (secondary N) is 1. The molecule has 0 radical (unpaired) electrons. The molecule has 2 aromatic carbocycles. The molecular weight excluding hydrogens is 268 g/mol. The minimum atomic E-state index is 0.562. The average Bonchev–Trinajstić information content (AvgIpc) is 2.87. The van der Waals surface area contributed by atoms with E-state index in [0.29, 0.717) is 6.04 Å². The van der Waals surface area contributed by atoms with Crippen LogP contribution in [0.25, 0.3) is 10.9 Å². The Labute approximate surface area is 131 Å². The fourth-order valence-corrected chi connectivity index (χ4v) is 3.64. The van der Waals surface area contributed by atoms with Gasteiger partial charge in [-0.05, 0) is 30.5 Å². The van der Waals surface area contributed by atoms with E-state index in [1.165, 1.54) is 27.7 Å². The van der Waals surface area contributed by atoms with Gasteiger partial charge in [-0.25, -0.2) is 0 Å². The molecule has 4 rings (SSSR count). The van der Waals surface area contributed by atoms with Crippen molar-refractivity contribution in [2.75, 3.05) is 0 Å². The van der Waals surface area contributed by atoms with Gasteiger partial charge in [-0.1, -0.05) is 48.5 Å². The fourth-order valence-electron chi connectivity index (χ4n) is 3.64. The quantitative estimate of drug-likeness (QED) is 0.773. The standard InChI is InChI=1S/C20H22N2/c1-15-13-20-18(14-21-15)17-9-5-6-10-19(17)22(20)12-11-16-7-3-2-4-8-16/h2-10,15,21H,11-14H2,1H3. The maximum absolute atomic E-state index is 3.60. The lowest BCUT2D eigenvalue weighted by Gasteiger charge is -2.23. The van der Waals surface area contributed by atoms with E-state index in [-0.39, 0.29) is 0 Å². The lowest BCUT2D eigenvalue weighted by Crippen LogP contribution is -2.33. The molecule has 0 saturated heterocycles. The molecule has 1 N–H and O–H groups in total. The molecule has 22 heavy (non-hydrogen) atoms. The minimum Gasteiger partial charge on any atom is -0.344 e. The third kappa shape index (κ3) is 2.34. The van der Waals surface area contributed by atoms with Crippen molar-refractivity contribution in [2.45, 2.75) is 38.9 Å². The zero-order valence-electron chi connectivity index (χ0n) is 13.0. The van der Waals surface area contributed by atoms with Crippen LogP contribution in [-0.4, -0.2) is 10.6 Å². The summed E-state index contributed by atoms with van der Waals surface area (Å²) in [6.07, 6.45) is 2.21. The second kappa shape index (κ2) is 5.62. The lowest BCUT2D eigenvalue weighted by atomic mass is 10.0. The molecule has 0 fully saturated rings. The van der Waals surface area contributed by atoms with Crippen molar-refractivity contribution in [3.63, 3.8) is 0 Å². The Kier molecular flexibility index (Phi) is 3.47. The molecule has 112 valence electrons. The Morgan fingerprint density at radius 1 is 1.05 bits per heavy atom. The predicted molar refractivity (Wildman–Crippen MR) is 92.1 cm³/mol. The maximum Gasteiger partial charge on any atom is 0.0486 e. The number of hydrogen-bond donors (Lipinski definition) is 1. The van der Waals surface area contributed by atoms with Gasteiger partial charge in [0.1, 0.15) is 0 Å². The summed E-state index contributed by atoms with van der Waals surface area (Å²) in [6.45, 7) is 4.34. The first-order chi connectivity index (χ1) is 10.8. The molecular formula is C20H22N2. The van der Waals surface area contributed by atoms with E-state index in [0.717, 1.165) is 25.9 Å². The third-order valence-corrected chi connectivity index (χ3v) is 4.79. The predicted octanol–water partition coefficient (Wildman–Crippen LogP) is 3.92. The Balaban J connectivity index is 1.74. The summed E-state index contributed by atoms with van der Waals surface area (Å²) in [7, 11) is 0. The van der Waals surface area contributed by atoms with E-state index in [1.54, 1.807) is 0 Å². The van der Waals surface area contributed by atoms with Gasteiger partial charge >= 0.3 is 0 Å². The van der Waals surface area contributed by atoms with Crippen LogP contribution in [0, 0.1) is 0 Å². The minimum absolute atomic E-state index is 0.562. The molecule has 3 aromatic rings. The highest BCUT2D eigenvalue weighted by atomic mass is 15.0. The van der Waals surface area contributed by atoms with Crippen molar-refractivity contribution in [3.8, 4) is 0 Å². The van der Waals surface area contributed by atoms with Crippen molar-refractivity contribution >= 4 is 10.9 Å². The van der Waals surface area contributed by atoms with Crippen LogP contribution in [0.5, 0.6) is 0 Å². The summed E-state index contributed by atoms with van der Waals surface area (Å²) in [5.41, 5.74) is 5.83. The number of nitrogens with zero attached hydrogens (tertiary/aromatic N) is 1. The Hall–Kier alpha value is -2.06. The highest BCUT2D eigenvalue weighted by Crippen LogP contribution is 2.30. The number of benzene rings is 2. The van der Waals surface area contributed by atoms with E-state index in [4.69, 9.17) is 0 Å². The molecule has 1 aliphatic heterocycles. The molecule has 0 saturated carbocycles. The first-order valence-corrected chi connectivity index (χ1v) is 8.19. The SMILES string of the molecule is CC1Cc2c(c3ccccc3n2CCc2ccccc2)CN1. The zero-order valence-corrected chi connectivity index (χ0v) is 13.0. The van der Waals surface area contributed by atoms with E-state index in [2.05, 4.69) is 71.4 Å². The summed E-state index contributed by atoms with van der Waals surface area (Å²) in [5.74, 6) is 0. The molecule has 2 heterocycles. The van der Waals surface area contributed by atoms with Crippen molar-refractivity contribution in [2.24, 2.45) is 0 Å². The Bertz CT molecular complexity index is 786. The number of aromatic nitrogens is 1. The maximum atomic E-state index is 3.60. The van der Waals surface area contributed by atoms with Gasteiger partial charge in [-0.2, -0.15) is 0 Å². The van der Waals surface area contributed by atoms with Crippen LogP contribution in [-0.2, 0) is 25.9 Å². The highest BCUT2D eigenvalue weighted by Gasteiger charge is 2.22. The van der Waals surface area contributed by atoms with Crippen molar-refractivity contribution in [1.29, 1.82) is 0 Å². The molecule has 0 amide bonds. The second-order valence-electron chi connectivity index (χ2n) is 6.32. The van der Waals surface area contributed by atoms with E-state index >= 15 is 0 Å². The molecule has 0 spiro atoms. The van der Waals surface area contributed by atoms with Gasteiger partial charge in [0.2, 0.25) is 0 Å². The number of fused-ring (bicyclic) bond motifs is 3. The number of rotatable bonds is 3. The number of hydrogen-bond acceptors (Lipinski definition) is 1. The second-order valence-corrected chi connectivity index (χ2v) is 6.32. The van der Waals surface area contributed by atoms with Crippen LogP contribution >= 0.6 is 0 Å². The zero-order chi connectivity index (χ0) is 14.9. The molecule has 1 unspecified atom stereocenters. The lowest BCUT2D eigenvalue weighted by molar-refractivity contribution is 0.492. The molecule has 2 heteroatoms. The van der Waals surface area contributed by atoms with Crippen LogP contribution in [0.3, 0.4) is 0 Å². The number of aryl methyl sites for hydroxylation is 2. The van der Waals surface area contributed by atoms with Gasteiger partial charge < -0.3 is 9.88 Å². The summed E-state index contributed by atoms with van der Waals surface area (Å²) >= 11 is 0. The van der Waals surface area contributed by atoms with E-state index in [9.17, 15) is 0 Å². The van der Waals surface area contributed by atoms with Crippen molar-refractivity contribution < 1.29 is 0 Å². The van der Waals surface area contributed by atoms with Gasteiger partial charge in [0.05, 0.1) is 0 Å². The van der Waals surface area contributed by atoms with Gasteiger partial charge in [0.25, 0.3) is 0 Å². The van der Waals surface area contributed by atoms with Crippen LogP contribution in [0.15, 0.2) is 54.6 Å². The van der Waals surface area contributed by atoms with Crippen LogP contribution in [0.2, 0.25) is 0 Å². The van der Waals surface area contributed by atoms with Crippen molar-refractivity contribution in [3.05, 3.63) is 71.4 Å². The third-order valence-electron chi connectivity index (χ3n) is 4.79. The summed E-state index contributed by atoms with van der Waals surface area (Å²) in [5, 5.41) is 5.03. The summed E-state index contributed by atoms with van der Waals surface area (Å²) < 4.78 is 2.55. The monoisotopic (exact) mass is 290 g/mol.